The van der Waals surface area contributed by atoms with Crippen LogP contribution in [0.4, 0.5) is 27.9 Å². The van der Waals surface area contributed by atoms with E-state index in [1.807, 2.05) is 0 Å². The number of ether oxygens (including phenoxy) is 1. The number of para-hydroxylation sites is 1. The molecule has 2 aromatic carbocycles. The third kappa shape index (κ3) is 6.93. The monoisotopic (exact) mass is 631 g/mol. The highest BCUT2D eigenvalue weighted by Crippen LogP contribution is 2.32. The van der Waals surface area contributed by atoms with Crippen LogP contribution in [-0.2, 0) is 9.53 Å². The van der Waals surface area contributed by atoms with Gasteiger partial charge in [0.2, 0.25) is 5.95 Å². The van der Waals surface area contributed by atoms with Crippen LogP contribution in [0.2, 0.25) is 0 Å². The van der Waals surface area contributed by atoms with Gasteiger partial charge in [0, 0.05) is 29.1 Å². The lowest BCUT2D eigenvalue weighted by atomic mass is 9.99. The van der Waals surface area contributed by atoms with E-state index in [-0.39, 0.29) is 28.2 Å². The molecule has 0 aliphatic heterocycles. The lowest BCUT2D eigenvalue weighted by Gasteiger charge is -2.20. The molecule has 1 aliphatic rings. The molecule has 1 aliphatic carbocycles. The predicted molar refractivity (Wildman–Crippen MR) is 152 cm³/mol. The predicted octanol–water partition coefficient (Wildman–Crippen LogP) is 4.05. The number of esters is 1. The number of carbonyl (C=O) groups is 2. The standard InChI is InChI=1S/C30H26F5N5O5/c1-15-5-8-17(27(43)36-12-16-6-7-16)11-20(15)24-19-9-10-23(42)40(25-21(31)3-2-4-22(25)32)26(19)39-29(38-24)37-18(13-41)14-45-28(44)30(33,34)35/h2-5,8-11,16,18,41H,6-7,12-14H2,1H3,(H,36,43)(H,37,38,39). The number of hydrogen-bond donors (Lipinski definition) is 3. The van der Waals surface area contributed by atoms with E-state index in [1.54, 1.807) is 19.1 Å². The molecule has 3 N–H and O–H groups in total. The van der Waals surface area contributed by atoms with Gasteiger partial charge in [0.05, 0.1) is 18.3 Å². The Morgan fingerprint density at radius 2 is 1.80 bits per heavy atom. The van der Waals surface area contributed by atoms with Crippen LogP contribution in [-0.4, -0.2) is 63.5 Å². The molecule has 1 saturated carbocycles. The molecule has 0 spiro atoms. The quantitative estimate of drug-likeness (QED) is 0.176. The van der Waals surface area contributed by atoms with Gasteiger partial charge < -0.3 is 20.5 Å². The molecule has 2 aromatic heterocycles. The number of alkyl halides is 3. The summed E-state index contributed by atoms with van der Waals surface area (Å²) in [6, 6.07) is 8.81. The first-order chi connectivity index (χ1) is 21.4. The highest BCUT2D eigenvalue weighted by molar-refractivity contribution is 5.98. The topological polar surface area (TPSA) is 135 Å². The molecule has 0 saturated heterocycles. The first-order valence-corrected chi connectivity index (χ1v) is 13.8. The maximum absolute atomic E-state index is 15.0. The highest BCUT2D eigenvalue weighted by Gasteiger charge is 2.41. The normalized spacial score (nSPS) is 13.8. The number of carbonyl (C=O) groups excluding carboxylic acids is 2. The Morgan fingerprint density at radius 3 is 2.44 bits per heavy atom. The average molecular weight is 632 g/mol. The van der Waals surface area contributed by atoms with Gasteiger partial charge in [-0.1, -0.05) is 12.1 Å². The Balaban J connectivity index is 1.67. The number of nitrogens with zero attached hydrogens (tertiary/aromatic N) is 3. The van der Waals surface area contributed by atoms with E-state index in [4.69, 9.17) is 0 Å². The van der Waals surface area contributed by atoms with Crippen molar-refractivity contribution in [1.29, 1.82) is 0 Å². The minimum Gasteiger partial charge on any atom is -0.457 e. The van der Waals surface area contributed by atoms with Gasteiger partial charge in [0.1, 0.15) is 23.9 Å². The summed E-state index contributed by atoms with van der Waals surface area (Å²) >= 11 is 0. The summed E-state index contributed by atoms with van der Waals surface area (Å²) in [6.45, 7) is 0.419. The number of aliphatic hydroxyl groups excluding tert-OH is 1. The highest BCUT2D eigenvalue weighted by atomic mass is 19.4. The number of pyridine rings is 1. The number of hydrogen-bond acceptors (Lipinski definition) is 8. The zero-order valence-electron chi connectivity index (χ0n) is 23.6. The molecule has 1 unspecified atom stereocenters. The van der Waals surface area contributed by atoms with Crippen LogP contribution in [0.5, 0.6) is 0 Å². The van der Waals surface area contributed by atoms with Gasteiger partial charge >= 0.3 is 12.1 Å². The minimum absolute atomic E-state index is 0.0892. The number of nitrogens with one attached hydrogen (secondary N) is 2. The molecule has 15 heteroatoms. The fourth-order valence-corrected chi connectivity index (χ4v) is 4.56. The molecule has 0 bridgehead atoms. The van der Waals surface area contributed by atoms with Crippen molar-refractivity contribution in [3.8, 4) is 16.9 Å². The van der Waals surface area contributed by atoms with Gasteiger partial charge in [-0.05, 0) is 61.6 Å². The maximum atomic E-state index is 15.0. The summed E-state index contributed by atoms with van der Waals surface area (Å²) in [5.74, 6) is -4.98. The number of aliphatic hydroxyl groups is 1. The van der Waals surface area contributed by atoms with E-state index in [9.17, 15) is 41.4 Å². The fourth-order valence-electron chi connectivity index (χ4n) is 4.56. The number of aromatic nitrogens is 3. The van der Waals surface area contributed by atoms with Gasteiger partial charge in [0.25, 0.3) is 11.5 Å². The van der Waals surface area contributed by atoms with Gasteiger partial charge in [-0.3, -0.25) is 14.2 Å². The second-order valence-corrected chi connectivity index (χ2v) is 10.5. The van der Waals surface area contributed by atoms with Gasteiger partial charge in [-0.15, -0.1) is 0 Å². The number of aryl methyl sites for hydroxylation is 1. The number of benzene rings is 2. The second-order valence-electron chi connectivity index (χ2n) is 10.5. The van der Waals surface area contributed by atoms with Gasteiger partial charge in [-0.25, -0.2) is 18.6 Å². The summed E-state index contributed by atoms with van der Waals surface area (Å²) in [7, 11) is 0. The Kier molecular flexibility index (Phi) is 8.82. The van der Waals surface area contributed by atoms with Crippen molar-refractivity contribution in [3.05, 3.63) is 81.6 Å². The number of amides is 1. The maximum Gasteiger partial charge on any atom is 0.490 e. The summed E-state index contributed by atoms with van der Waals surface area (Å²) < 4.78 is 72.9. The first-order valence-electron chi connectivity index (χ1n) is 13.8. The van der Waals surface area contributed by atoms with Gasteiger partial charge in [0.15, 0.2) is 5.65 Å². The molecule has 4 aromatic rings. The Morgan fingerprint density at radius 1 is 1.09 bits per heavy atom. The van der Waals surface area contributed by atoms with Crippen molar-refractivity contribution in [2.24, 2.45) is 5.92 Å². The van der Waals surface area contributed by atoms with Crippen molar-refractivity contribution in [2.75, 3.05) is 25.1 Å². The molecule has 1 amide bonds. The van der Waals surface area contributed by atoms with Crippen LogP contribution >= 0.6 is 0 Å². The van der Waals surface area contributed by atoms with E-state index in [2.05, 4.69) is 25.3 Å². The van der Waals surface area contributed by atoms with Gasteiger partial charge in [-0.2, -0.15) is 18.2 Å². The summed E-state index contributed by atoms with van der Waals surface area (Å²) in [6.07, 6.45) is -3.23. The fraction of sp³-hybridized carbons (Fsp3) is 0.300. The lowest BCUT2D eigenvalue weighted by Crippen LogP contribution is -2.35. The van der Waals surface area contributed by atoms with Crippen molar-refractivity contribution in [3.63, 3.8) is 0 Å². The molecule has 236 valence electrons. The average Bonchev–Trinajstić information content (AvgIpc) is 3.83. The summed E-state index contributed by atoms with van der Waals surface area (Å²) in [5, 5.41) is 15.4. The second kappa shape index (κ2) is 12.6. The van der Waals surface area contributed by atoms with E-state index >= 15 is 0 Å². The zero-order valence-corrected chi connectivity index (χ0v) is 23.6. The van der Waals surface area contributed by atoms with Crippen molar-refractivity contribution < 1.29 is 41.4 Å². The number of rotatable bonds is 10. The molecule has 10 nitrogen and oxygen atoms in total. The van der Waals surface area contributed by atoms with Crippen molar-refractivity contribution in [1.82, 2.24) is 19.9 Å². The summed E-state index contributed by atoms with van der Waals surface area (Å²) in [5.41, 5.74) is -0.577. The first kappa shape index (κ1) is 31.5. The molecule has 5 rings (SSSR count). The summed E-state index contributed by atoms with van der Waals surface area (Å²) in [4.78, 5) is 45.9. The van der Waals surface area contributed by atoms with Crippen molar-refractivity contribution >= 4 is 28.9 Å². The lowest BCUT2D eigenvalue weighted by molar-refractivity contribution is -0.200. The van der Waals surface area contributed by atoms with E-state index in [0.29, 0.717) is 28.2 Å². The smallest absolute Gasteiger partial charge is 0.457 e. The molecule has 45 heavy (non-hydrogen) atoms. The number of fused-ring (bicyclic) bond motifs is 1. The molecular weight excluding hydrogens is 605 g/mol. The number of halogens is 5. The van der Waals surface area contributed by atoms with E-state index in [0.717, 1.165) is 37.1 Å². The molecule has 2 heterocycles. The molecule has 0 radical (unpaired) electrons. The van der Waals surface area contributed by atoms with Crippen LogP contribution in [0.15, 0.2) is 53.3 Å². The number of anilines is 1. The molecule has 1 fully saturated rings. The zero-order chi connectivity index (χ0) is 32.5. The van der Waals surface area contributed by atoms with Crippen LogP contribution in [0.25, 0.3) is 28.0 Å². The van der Waals surface area contributed by atoms with Crippen LogP contribution in [0.3, 0.4) is 0 Å². The molecule has 1 atom stereocenters. The van der Waals surface area contributed by atoms with Crippen LogP contribution in [0, 0.1) is 24.5 Å². The van der Waals surface area contributed by atoms with Crippen LogP contribution < -0.4 is 16.2 Å². The Labute approximate surface area is 251 Å². The SMILES string of the molecule is Cc1ccc(C(=O)NCC2CC2)cc1-c1nc(NC(CO)COC(=O)C(F)(F)F)nc2c1ccc(=O)n2-c1c(F)cccc1F. The van der Waals surface area contributed by atoms with Crippen molar-refractivity contribution in [2.45, 2.75) is 32.0 Å². The minimum atomic E-state index is -5.28. The Hall–Kier alpha value is -4.92. The Bertz CT molecular complexity index is 1820. The van der Waals surface area contributed by atoms with Crippen LogP contribution in [0.1, 0.15) is 28.8 Å². The van der Waals surface area contributed by atoms with E-state index < -0.39 is 60.2 Å². The van der Waals surface area contributed by atoms with E-state index in [1.165, 1.54) is 12.1 Å². The third-order valence-electron chi connectivity index (χ3n) is 7.12. The largest absolute Gasteiger partial charge is 0.490 e. The molecular formula is C30H26F5N5O5. The third-order valence-corrected chi connectivity index (χ3v) is 7.12.